The molecule has 0 atom stereocenters. The summed E-state index contributed by atoms with van der Waals surface area (Å²) in [5.74, 6) is 2.97. The van der Waals surface area contributed by atoms with E-state index in [0.717, 1.165) is 50.5 Å². The molecule has 0 radical (unpaired) electrons. The van der Waals surface area contributed by atoms with E-state index in [0.29, 0.717) is 0 Å². The number of benzene rings is 2. The summed E-state index contributed by atoms with van der Waals surface area (Å²) >= 11 is 0. The first kappa shape index (κ1) is 80.9. The fourth-order valence-corrected chi connectivity index (χ4v) is 11.5. The second kappa shape index (κ2) is 67.0. The van der Waals surface area contributed by atoms with Crippen LogP contribution in [0.25, 0.3) is 11.1 Å². The van der Waals surface area contributed by atoms with Gasteiger partial charge in [-0.15, -0.1) is 4.79 Å². The van der Waals surface area contributed by atoms with Crippen molar-refractivity contribution >= 4 is 11.4 Å². The van der Waals surface area contributed by atoms with Crippen LogP contribution in [0.2, 0.25) is 0 Å². The maximum Gasteiger partial charge on any atom is 2.00 e. The van der Waals surface area contributed by atoms with E-state index in [1.54, 1.807) is 0 Å². The van der Waals surface area contributed by atoms with Crippen molar-refractivity contribution in [2.24, 2.45) is 0 Å². The number of nitrogens with zero attached hydrogens (tertiary/aromatic N) is 2. The smallest absolute Gasteiger partial charge is 0.348 e. The largest absolute Gasteiger partial charge is 2.00 e. The van der Waals surface area contributed by atoms with E-state index >= 15 is 0 Å². The summed E-state index contributed by atoms with van der Waals surface area (Å²) in [5, 5.41) is 0. The maximum absolute atomic E-state index is 9.46. The van der Waals surface area contributed by atoms with Gasteiger partial charge in [-0.1, -0.05) is 390 Å². The summed E-state index contributed by atoms with van der Waals surface area (Å²) in [7, 11) is 0. The van der Waals surface area contributed by atoms with Gasteiger partial charge in [0.25, 0.3) is 0 Å². The fraction of sp³-hybridized carbons (Fsp3) is 0.769. The van der Waals surface area contributed by atoms with Crippen molar-refractivity contribution in [3.05, 3.63) is 101 Å². The van der Waals surface area contributed by atoms with Gasteiger partial charge in [-0.2, -0.15) is 12.8 Å². The van der Waals surface area contributed by atoms with Crippen molar-refractivity contribution in [3.63, 3.8) is 0 Å². The van der Waals surface area contributed by atoms with Crippen molar-refractivity contribution in [3.8, 4) is 0 Å². The van der Waals surface area contributed by atoms with E-state index in [4.69, 9.17) is 0 Å². The van der Waals surface area contributed by atoms with Crippen LogP contribution in [0.3, 0.4) is 0 Å². The molecular weight excluding hydrogens is 1020 g/mol. The molecule has 0 saturated carbocycles. The molecule has 0 spiro atoms. The van der Waals surface area contributed by atoms with Crippen LogP contribution >= 0.6 is 0 Å². The predicted molar refractivity (Wildman–Crippen MR) is 363 cm³/mol. The van der Waals surface area contributed by atoms with E-state index in [1.807, 2.05) is 0 Å². The van der Waals surface area contributed by atoms with Crippen LogP contribution in [0.1, 0.15) is 397 Å². The standard InChI is InChI=1S/C32H44N2.2C23H47.Ni/c1-5-8-10-11-12-13-22-31(30(16-7-3)25-34-33)32(28-20-14-17-26(4)23-28)29-21-15-19-27(24-29)18-9-6-2;2*1-3-5-7-9-11-13-15-17-19-21-23-22-20-18-16-14-12-10-8-6-4-2;/h14-15,17,19-21,23-24H,5-13,16,18,22H2,1-4H3;2*1,3-23H2,2H3;/q;2*-1;+2. The van der Waals surface area contributed by atoms with Crippen LogP contribution in [0.5, 0.6) is 0 Å². The molecule has 0 aromatic heterocycles. The molecule has 0 aliphatic rings. The molecule has 2 aromatic carbocycles. The Morgan fingerprint density at radius 3 is 0.988 bits per heavy atom. The van der Waals surface area contributed by atoms with E-state index in [2.05, 4.69) is 115 Å². The summed E-state index contributed by atoms with van der Waals surface area (Å²) in [6.45, 7) is 21.2. The van der Waals surface area contributed by atoms with E-state index in [9.17, 15) is 5.53 Å². The first-order valence-electron chi connectivity index (χ1n) is 35.9. The number of hydrogen-bond acceptors (Lipinski definition) is 0. The maximum atomic E-state index is 9.46. The molecule has 0 bridgehead atoms. The molecule has 81 heavy (non-hydrogen) atoms. The molecule has 470 valence electrons. The molecule has 0 heterocycles. The molecule has 2 rings (SSSR count). The molecule has 0 saturated heterocycles. The Morgan fingerprint density at radius 2 is 0.679 bits per heavy atom. The third-order valence-corrected chi connectivity index (χ3v) is 16.7. The number of allylic oxidation sites excluding steroid dienone is 2. The van der Waals surface area contributed by atoms with Gasteiger partial charge in [-0.25, -0.2) is 0 Å². The minimum atomic E-state index is 0. The number of aryl methyl sites for hydroxylation is 2. The van der Waals surface area contributed by atoms with Gasteiger partial charge < -0.3 is 19.4 Å². The topological polar surface area (TPSA) is 36.4 Å². The molecule has 3 heteroatoms. The molecule has 0 amide bonds. The van der Waals surface area contributed by atoms with Gasteiger partial charge in [0.2, 0.25) is 0 Å². The Labute approximate surface area is 519 Å². The summed E-state index contributed by atoms with van der Waals surface area (Å²) < 4.78 is 0. The SMILES string of the molecule is CCCCCCCCC(C(=C=[N+]=[N-])CCC)=C(c1cccc(C)c1)c1cccc(CCCC)c1.[CH2-]CCCCCCCCCCCCCCCCCCCCCC.[CH2-]CCCCCCCCCCCCCCCCCCCCCC.[Ni+2]. The molecule has 2 nitrogen and oxygen atoms in total. The van der Waals surface area contributed by atoms with Crippen LogP contribution in [-0.2, 0) is 22.9 Å². The van der Waals surface area contributed by atoms with Crippen molar-refractivity contribution in [2.75, 3.05) is 0 Å². The number of unbranched alkanes of at least 4 members (excludes halogenated alkanes) is 46. The fourth-order valence-electron chi connectivity index (χ4n) is 11.5. The zero-order valence-corrected chi connectivity index (χ0v) is 56.4. The van der Waals surface area contributed by atoms with E-state index in [1.165, 1.54) is 335 Å². The Bertz CT molecular complexity index is 1610. The van der Waals surface area contributed by atoms with Crippen LogP contribution < -0.4 is 0 Å². The quantitative estimate of drug-likeness (QED) is 0.0120. The first-order valence-corrected chi connectivity index (χ1v) is 35.9. The predicted octanol–water partition coefficient (Wildman–Crippen LogP) is 27.6. The minimum absolute atomic E-state index is 0. The van der Waals surface area contributed by atoms with Crippen LogP contribution in [0.15, 0.2) is 59.7 Å². The molecule has 0 fully saturated rings. The van der Waals surface area contributed by atoms with Crippen molar-refractivity contribution < 1.29 is 21.3 Å². The summed E-state index contributed by atoms with van der Waals surface area (Å²) in [5.41, 5.74) is 18.2. The van der Waals surface area contributed by atoms with Crippen LogP contribution in [0.4, 0.5) is 0 Å². The van der Waals surface area contributed by atoms with Crippen LogP contribution in [0, 0.1) is 20.8 Å². The van der Waals surface area contributed by atoms with Crippen molar-refractivity contribution in [1.29, 1.82) is 0 Å². The first-order chi connectivity index (χ1) is 39.5. The van der Waals surface area contributed by atoms with Crippen LogP contribution in [-0.4, -0.2) is 10.7 Å². The average molecular weight is 1160 g/mol. The second-order valence-electron chi connectivity index (χ2n) is 24.6. The summed E-state index contributed by atoms with van der Waals surface area (Å²) in [6.07, 6.45) is 74.5. The van der Waals surface area contributed by atoms with Gasteiger partial charge in [0.15, 0.2) is 0 Å². The van der Waals surface area contributed by atoms with E-state index < -0.39 is 0 Å². The van der Waals surface area contributed by atoms with Gasteiger partial charge in [0.1, 0.15) is 0 Å². The Morgan fingerprint density at radius 1 is 0.370 bits per heavy atom. The zero-order chi connectivity index (χ0) is 58.3. The molecule has 0 aliphatic carbocycles. The molecule has 0 aliphatic heterocycles. The number of hydrogen-bond donors (Lipinski definition) is 0. The van der Waals surface area contributed by atoms with Gasteiger partial charge in [-0.3, -0.25) is 0 Å². The van der Waals surface area contributed by atoms with Gasteiger partial charge in [-0.05, 0) is 66.9 Å². The summed E-state index contributed by atoms with van der Waals surface area (Å²) in [4.78, 5) is 3.37. The number of rotatable bonds is 55. The zero-order valence-electron chi connectivity index (χ0n) is 55.4. The third-order valence-electron chi connectivity index (χ3n) is 16.7. The van der Waals surface area contributed by atoms with Gasteiger partial charge in [0.05, 0.1) is 5.57 Å². The Balaban J connectivity index is 0. The monoisotopic (exact) mass is 1160 g/mol. The summed E-state index contributed by atoms with van der Waals surface area (Å²) in [6, 6.07) is 17.9. The molecular formula is C78H138N2Ni. The average Bonchev–Trinajstić information content (AvgIpc) is 3.55. The normalized spacial score (nSPS) is 11.2. The van der Waals surface area contributed by atoms with E-state index in [-0.39, 0.29) is 16.5 Å². The second-order valence-corrected chi connectivity index (χ2v) is 24.6. The molecule has 0 N–H and O–H groups in total. The van der Waals surface area contributed by atoms with Gasteiger partial charge >= 0.3 is 22.4 Å². The minimum Gasteiger partial charge on any atom is -0.348 e. The Hall–Kier alpha value is -2.17. The molecule has 2 aromatic rings. The Kier molecular flexibility index (Phi) is 66.9. The molecule has 0 unspecified atom stereocenters. The third kappa shape index (κ3) is 53.1. The van der Waals surface area contributed by atoms with Crippen molar-refractivity contribution in [1.82, 2.24) is 0 Å². The van der Waals surface area contributed by atoms with Crippen molar-refractivity contribution in [2.45, 2.75) is 388 Å². The van der Waals surface area contributed by atoms with Gasteiger partial charge in [0, 0.05) is 0 Å².